The maximum Gasteiger partial charge on any atom is 0.181 e. The van der Waals surface area contributed by atoms with Gasteiger partial charge in [-0.3, -0.25) is 0 Å². The zero-order valence-electron chi connectivity index (χ0n) is 12.5. The maximum absolute atomic E-state index is 2.44. The predicted molar refractivity (Wildman–Crippen MR) is 82.4 cm³/mol. The summed E-state index contributed by atoms with van der Waals surface area (Å²) < 4.78 is 2.44. The highest BCUT2D eigenvalue weighted by molar-refractivity contribution is 6.09. The van der Waals surface area contributed by atoms with E-state index in [9.17, 15) is 0 Å². The number of likely N-dealkylation sites (N-methyl/N-ethyl adjacent to an activating group) is 1. The summed E-state index contributed by atoms with van der Waals surface area (Å²) in [7, 11) is 2.22. The summed E-state index contributed by atoms with van der Waals surface area (Å²) in [6.45, 7) is 9.26. The normalized spacial score (nSPS) is 21.6. The average Bonchev–Trinajstić information content (AvgIpc) is 2.42. The van der Waals surface area contributed by atoms with Crippen LogP contribution >= 0.6 is 0 Å². The van der Waals surface area contributed by atoms with Crippen molar-refractivity contribution >= 4 is 16.5 Å². The minimum Gasteiger partial charge on any atom is -0.231 e. The molecular formula is C18H22N+. The van der Waals surface area contributed by atoms with Crippen LogP contribution in [0.1, 0.15) is 44.7 Å². The van der Waals surface area contributed by atoms with Crippen LogP contribution in [0.5, 0.6) is 0 Å². The Bertz CT molecular complexity index is 692. The molecule has 0 bridgehead atoms. The van der Waals surface area contributed by atoms with E-state index in [0.29, 0.717) is 5.92 Å². The molecule has 0 spiro atoms. The Hall–Kier alpha value is -1.63. The van der Waals surface area contributed by atoms with Gasteiger partial charge < -0.3 is 0 Å². The minimum atomic E-state index is 0.166. The fraction of sp³-hybridized carbons (Fsp3) is 0.389. The van der Waals surface area contributed by atoms with Gasteiger partial charge in [0.15, 0.2) is 11.3 Å². The van der Waals surface area contributed by atoms with Crippen LogP contribution in [0.15, 0.2) is 36.4 Å². The Kier molecular flexibility index (Phi) is 2.57. The van der Waals surface area contributed by atoms with Gasteiger partial charge in [0, 0.05) is 26.7 Å². The van der Waals surface area contributed by atoms with Crippen molar-refractivity contribution in [2.45, 2.75) is 39.2 Å². The first-order chi connectivity index (χ1) is 8.94. The summed E-state index contributed by atoms with van der Waals surface area (Å²) in [6.07, 6.45) is 0. The smallest absolute Gasteiger partial charge is 0.181 e. The Labute approximate surface area is 115 Å². The molecule has 1 aliphatic rings. The van der Waals surface area contributed by atoms with Crippen LogP contribution in [0.2, 0.25) is 0 Å². The summed E-state index contributed by atoms with van der Waals surface area (Å²) in [5.74, 6) is 0.529. The topological polar surface area (TPSA) is 3.01 Å². The molecule has 1 atom stereocenters. The van der Waals surface area contributed by atoms with E-state index in [4.69, 9.17) is 0 Å². The second-order valence-corrected chi connectivity index (χ2v) is 6.27. The summed E-state index contributed by atoms with van der Waals surface area (Å²) in [4.78, 5) is 0. The zero-order valence-corrected chi connectivity index (χ0v) is 12.5. The predicted octanol–water partition coefficient (Wildman–Crippen LogP) is 4.19. The van der Waals surface area contributed by atoms with Crippen molar-refractivity contribution in [2.75, 3.05) is 7.05 Å². The van der Waals surface area contributed by atoms with Gasteiger partial charge in [0.2, 0.25) is 0 Å². The third-order valence-corrected chi connectivity index (χ3v) is 5.22. The van der Waals surface area contributed by atoms with Crippen LogP contribution in [0.3, 0.4) is 0 Å². The van der Waals surface area contributed by atoms with Gasteiger partial charge in [-0.1, -0.05) is 43.3 Å². The molecule has 0 radical (unpaired) electrons. The summed E-state index contributed by atoms with van der Waals surface area (Å²) >= 11 is 0. The van der Waals surface area contributed by atoms with Crippen molar-refractivity contribution in [3.8, 4) is 0 Å². The van der Waals surface area contributed by atoms with E-state index in [1.165, 1.54) is 27.6 Å². The van der Waals surface area contributed by atoms with Crippen LogP contribution in [0.4, 0.5) is 0 Å². The van der Waals surface area contributed by atoms with Crippen LogP contribution in [-0.2, 0) is 0 Å². The van der Waals surface area contributed by atoms with Gasteiger partial charge in [-0.15, -0.1) is 0 Å². The molecule has 0 saturated carbocycles. The first-order valence-electron chi connectivity index (χ1n) is 7.04. The molecular weight excluding hydrogens is 230 g/mol. The molecule has 1 nitrogen and oxygen atoms in total. The number of hydrogen-bond donors (Lipinski definition) is 0. The molecule has 0 saturated heterocycles. The number of benzene rings is 2. The van der Waals surface area contributed by atoms with Gasteiger partial charge in [-0.25, -0.2) is 4.58 Å². The molecule has 0 fully saturated rings. The van der Waals surface area contributed by atoms with Crippen LogP contribution < -0.4 is 0 Å². The van der Waals surface area contributed by atoms with Gasteiger partial charge in [0.05, 0.1) is 5.56 Å². The third kappa shape index (κ3) is 1.57. The van der Waals surface area contributed by atoms with E-state index in [2.05, 4.69) is 75.7 Å². The first-order valence-corrected chi connectivity index (χ1v) is 7.04. The fourth-order valence-corrected chi connectivity index (χ4v) is 3.32. The van der Waals surface area contributed by atoms with E-state index in [-0.39, 0.29) is 5.54 Å². The van der Waals surface area contributed by atoms with Crippen LogP contribution in [0.25, 0.3) is 10.8 Å². The van der Waals surface area contributed by atoms with Crippen molar-refractivity contribution in [3.63, 3.8) is 0 Å². The highest BCUT2D eigenvalue weighted by Crippen LogP contribution is 2.39. The van der Waals surface area contributed by atoms with Crippen LogP contribution in [0, 0.1) is 0 Å². The molecule has 98 valence electrons. The molecule has 0 aliphatic carbocycles. The lowest BCUT2D eigenvalue weighted by atomic mass is 9.76. The van der Waals surface area contributed by atoms with Gasteiger partial charge >= 0.3 is 0 Å². The Balaban J connectivity index is 2.44. The van der Waals surface area contributed by atoms with Gasteiger partial charge in [-0.2, -0.15) is 0 Å². The molecule has 19 heavy (non-hydrogen) atoms. The molecule has 0 amide bonds. The second-order valence-electron chi connectivity index (χ2n) is 6.27. The Morgan fingerprint density at radius 3 is 2.47 bits per heavy atom. The monoisotopic (exact) mass is 252 g/mol. The highest BCUT2D eigenvalue weighted by Gasteiger charge is 2.42. The van der Waals surface area contributed by atoms with E-state index >= 15 is 0 Å². The Morgan fingerprint density at radius 2 is 1.74 bits per heavy atom. The lowest BCUT2D eigenvalue weighted by Gasteiger charge is -2.35. The van der Waals surface area contributed by atoms with Crippen molar-refractivity contribution in [3.05, 3.63) is 47.5 Å². The molecule has 1 heterocycles. The van der Waals surface area contributed by atoms with Crippen molar-refractivity contribution < 1.29 is 4.58 Å². The average molecular weight is 252 g/mol. The quantitative estimate of drug-likeness (QED) is 0.619. The SMILES string of the molecule is CC1=[N+](C)C(C)(C)[C@@H](C)c2ccc3ccccc3c21. The summed E-state index contributed by atoms with van der Waals surface area (Å²) in [5, 5.41) is 2.72. The fourth-order valence-electron chi connectivity index (χ4n) is 3.32. The van der Waals surface area contributed by atoms with E-state index in [0.717, 1.165) is 0 Å². The maximum atomic E-state index is 2.44. The number of rotatable bonds is 0. The molecule has 0 N–H and O–H groups in total. The molecule has 0 unspecified atom stereocenters. The van der Waals surface area contributed by atoms with Crippen molar-refractivity contribution in [2.24, 2.45) is 0 Å². The first kappa shape index (κ1) is 12.4. The zero-order chi connectivity index (χ0) is 13.8. The van der Waals surface area contributed by atoms with Gasteiger partial charge in [0.1, 0.15) is 7.05 Å². The van der Waals surface area contributed by atoms with Crippen molar-refractivity contribution in [1.29, 1.82) is 0 Å². The molecule has 1 heteroatoms. The number of fused-ring (bicyclic) bond motifs is 3. The molecule has 3 rings (SSSR count). The lowest BCUT2D eigenvalue weighted by molar-refractivity contribution is -0.581. The molecule has 1 aliphatic heterocycles. The summed E-state index contributed by atoms with van der Waals surface area (Å²) in [6, 6.07) is 13.3. The molecule has 0 aromatic heterocycles. The lowest BCUT2D eigenvalue weighted by Crippen LogP contribution is -2.45. The third-order valence-electron chi connectivity index (χ3n) is 5.22. The van der Waals surface area contributed by atoms with Crippen LogP contribution in [-0.4, -0.2) is 22.9 Å². The summed E-state index contributed by atoms with van der Waals surface area (Å²) in [5.41, 5.74) is 4.47. The number of nitrogens with zero attached hydrogens (tertiary/aromatic N) is 1. The van der Waals surface area contributed by atoms with Crippen molar-refractivity contribution in [1.82, 2.24) is 0 Å². The van der Waals surface area contributed by atoms with Gasteiger partial charge in [0.25, 0.3) is 0 Å². The second kappa shape index (κ2) is 3.93. The highest BCUT2D eigenvalue weighted by atomic mass is 15.1. The van der Waals surface area contributed by atoms with E-state index in [1.807, 2.05) is 0 Å². The molecule has 2 aromatic rings. The largest absolute Gasteiger partial charge is 0.231 e. The van der Waals surface area contributed by atoms with E-state index < -0.39 is 0 Å². The number of hydrogen-bond acceptors (Lipinski definition) is 0. The van der Waals surface area contributed by atoms with E-state index in [1.54, 1.807) is 0 Å². The Morgan fingerprint density at radius 1 is 1.05 bits per heavy atom. The minimum absolute atomic E-state index is 0.166. The molecule has 2 aromatic carbocycles. The standard InChI is InChI=1S/C18H22N/c1-12-15-11-10-14-8-6-7-9-16(14)17(15)13(2)19(5)18(12,3)4/h6-12H,1-5H3/q+1/t12-/m0/s1. The van der Waals surface area contributed by atoms with Gasteiger partial charge in [-0.05, 0) is 16.3 Å².